The zero-order valence-corrected chi connectivity index (χ0v) is 13.9. The highest BCUT2D eigenvalue weighted by Crippen LogP contribution is 2.36. The number of aromatic nitrogens is 5. The van der Waals surface area contributed by atoms with E-state index in [1.807, 2.05) is 18.2 Å². The van der Waals surface area contributed by atoms with E-state index in [2.05, 4.69) is 20.4 Å². The Balaban J connectivity index is 1.54. The first kappa shape index (κ1) is 15.4. The molecule has 2 aromatic carbocycles. The number of halogens is 1. The van der Waals surface area contributed by atoms with Gasteiger partial charge in [0.2, 0.25) is 12.6 Å². The van der Waals surface area contributed by atoms with E-state index in [9.17, 15) is 4.39 Å². The van der Waals surface area contributed by atoms with Gasteiger partial charge in [-0.05, 0) is 52.7 Å². The van der Waals surface area contributed by atoms with Crippen LogP contribution in [0.4, 0.5) is 4.39 Å². The Hall–Kier alpha value is -3.81. The van der Waals surface area contributed by atoms with Gasteiger partial charge in [-0.2, -0.15) is 0 Å². The monoisotopic (exact) mass is 361 g/mol. The summed E-state index contributed by atoms with van der Waals surface area (Å²) in [5.74, 6) is 1.27. The normalized spacial score (nSPS) is 12.3. The molecule has 1 aliphatic heterocycles. The van der Waals surface area contributed by atoms with Gasteiger partial charge in [-0.25, -0.2) is 4.39 Å². The highest BCUT2D eigenvalue weighted by molar-refractivity contribution is 5.69. The summed E-state index contributed by atoms with van der Waals surface area (Å²) in [7, 11) is 0. The molecule has 27 heavy (non-hydrogen) atoms. The summed E-state index contributed by atoms with van der Waals surface area (Å²) in [5.41, 5.74) is 2.51. The highest BCUT2D eigenvalue weighted by atomic mass is 19.1. The van der Waals surface area contributed by atoms with E-state index >= 15 is 0 Å². The molecule has 0 unspecified atom stereocenters. The van der Waals surface area contributed by atoms with Crippen LogP contribution < -0.4 is 9.47 Å². The smallest absolute Gasteiger partial charge is 0.231 e. The Morgan fingerprint density at radius 3 is 2.74 bits per heavy atom. The minimum Gasteiger partial charge on any atom is -0.454 e. The maximum absolute atomic E-state index is 14.2. The molecule has 0 aliphatic carbocycles. The van der Waals surface area contributed by atoms with Crippen molar-refractivity contribution in [1.29, 1.82) is 0 Å². The fraction of sp³-hybridized carbons (Fsp3) is 0.0526. The van der Waals surface area contributed by atoms with Crippen molar-refractivity contribution < 1.29 is 13.9 Å². The van der Waals surface area contributed by atoms with Crippen LogP contribution in [0.15, 0.2) is 60.8 Å². The van der Waals surface area contributed by atoms with Crippen LogP contribution in [0, 0.1) is 5.82 Å². The molecular weight excluding hydrogens is 349 g/mol. The van der Waals surface area contributed by atoms with Crippen molar-refractivity contribution >= 4 is 0 Å². The van der Waals surface area contributed by atoms with Gasteiger partial charge < -0.3 is 9.47 Å². The van der Waals surface area contributed by atoms with Crippen LogP contribution in [0.3, 0.4) is 0 Å². The SMILES string of the molecule is Fc1cc(-c2ccc3c(c2)OCO3)cc(-n2nnc(-c3ccccn3)n2)c1. The number of fused-ring (bicyclic) bond motifs is 1. The molecule has 0 atom stereocenters. The Morgan fingerprint density at radius 1 is 0.926 bits per heavy atom. The maximum Gasteiger partial charge on any atom is 0.231 e. The predicted molar refractivity (Wildman–Crippen MR) is 93.9 cm³/mol. The van der Waals surface area contributed by atoms with E-state index in [4.69, 9.17) is 9.47 Å². The second-order valence-corrected chi connectivity index (χ2v) is 5.88. The maximum atomic E-state index is 14.2. The van der Waals surface area contributed by atoms with Gasteiger partial charge in [0, 0.05) is 12.3 Å². The molecule has 0 saturated carbocycles. The van der Waals surface area contributed by atoms with E-state index in [-0.39, 0.29) is 6.79 Å². The van der Waals surface area contributed by atoms with E-state index in [1.165, 1.54) is 16.9 Å². The van der Waals surface area contributed by atoms with Crippen LogP contribution in [-0.2, 0) is 0 Å². The third-order valence-corrected chi connectivity index (χ3v) is 4.13. The summed E-state index contributed by atoms with van der Waals surface area (Å²) in [6, 6.07) is 15.5. The van der Waals surface area contributed by atoms with Gasteiger partial charge in [0.05, 0.1) is 5.69 Å². The number of hydrogen-bond donors (Lipinski definition) is 0. The molecule has 0 saturated heterocycles. The molecule has 8 heteroatoms. The fourth-order valence-corrected chi connectivity index (χ4v) is 2.85. The van der Waals surface area contributed by atoms with Gasteiger partial charge in [0.15, 0.2) is 11.5 Å². The molecule has 132 valence electrons. The molecule has 4 aromatic rings. The Kier molecular flexibility index (Phi) is 3.53. The number of rotatable bonds is 3. The molecule has 3 heterocycles. The average molecular weight is 361 g/mol. The van der Waals surface area contributed by atoms with Gasteiger partial charge in [0.1, 0.15) is 11.5 Å². The molecular formula is C19H12FN5O2. The molecule has 2 aromatic heterocycles. The minimum atomic E-state index is -0.406. The Labute approximate surface area is 153 Å². The molecule has 1 aliphatic rings. The highest BCUT2D eigenvalue weighted by Gasteiger charge is 2.15. The van der Waals surface area contributed by atoms with E-state index in [1.54, 1.807) is 30.5 Å². The minimum absolute atomic E-state index is 0.187. The van der Waals surface area contributed by atoms with Crippen molar-refractivity contribution in [2.24, 2.45) is 0 Å². The van der Waals surface area contributed by atoms with Crippen LogP contribution in [0.5, 0.6) is 11.5 Å². The standard InChI is InChI=1S/C19H12FN5O2/c20-14-7-13(12-4-5-17-18(9-12)27-11-26-17)8-15(10-14)25-23-19(22-24-25)16-3-1-2-6-21-16/h1-10H,11H2. The van der Waals surface area contributed by atoms with Gasteiger partial charge in [0.25, 0.3) is 0 Å². The van der Waals surface area contributed by atoms with Gasteiger partial charge in [-0.3, -0.25) is 4.98 Å². The van der Waals surface area contributed by atoms with Gasteiger partial charge in [-0.15, -0.1) is 15.0 Å². The average Bonchev–Trinajstić information content (AvgIpc) is 3.37. The second-order valence-electron chi connectivity index (χ2n) is 5.88. The predicted octanol–water partition coefficient (Wildman–Crippen LogP) is 3.26. The lowest BCUT2D eigenvalue weighted by Gasteiger charge is -2.06. The number of ether oxygens (including phenoxy) is 2. The van der Waals surface area contributed by atoms with E-state index in [0.29, 0.717) is 34.3 Å². The third kappa shape index (κ3) is 2.86. The zero-order chi connectivity index (χ0) is 18.2. The van der Waals surface area contributed by atoms with E-state index < -0.39 is 5.82 Å². The van der Waals surface area contributed by atoms with Crippen molar-refractivity contribution in [3.63, 3.8) is 0 Å². The van der Waals surface area contributed by atoms with Crippen LogP contribution >= 0.6 is 0 Å². The summed E-state index contributed by atoms with van der Waals surface area (Å²) in [6.45, 7) is 0.187. The zero-order valence-electron chi connectivity index (χ0n) is 13.9. The number of nitrogens with zero attached hydrogens (tertiary/aromatic N) is 5. The number of tetrazole rings is 1. The number of pyridine rings is 1. The summed E-state index contributed by atoms with van der Waals surface area (Å²) < 4.78 is 25.0. The lowest BCUT2D eigenvalue weighted by Crippen LogP contribution is -2.00. The van der Waals surface area contributed by atoms with Crippen LogP contribution in [0.25, 0.3) is 28.3 Å². The quantitative estimate of drug-likeness (QED) is 0.558. The van der Waals surface area contributed by atoms with E-state index in [0.717, 1.165) is 5.56 Å². The van der Waals surface area contributed by atoms with Crippen molar-refractivity contribution in [3.8, 4) is 39.8 Å². The third-order valence-electron chi connectivity index (χ3n) is 4.13. The van der Waals surface area contributed by atoms with Crippen molar-refractivity contribution in [2.45, 2.75) is 0 Å². The van der Waals surface area contributed by atoms with Crippen LogP contribution in [0.1, 0.15) is 0 Å². The first-order chi connectivity index (χ1) is 13.3. The molecule has 0 amide bonds. The van der Waals surface area contributed by atoms with Crippen molar-refractivity contribution in [1.82, 2.24) is 25.2 Å². The summed E-state index contributed by atoms with van der Waals surface area (Å²) in [6.07, 6.45) is 1.65. The molecule has 0 fully saturated rings. The van der Waals surface area contributed by atoms with Gasteiger partial charge >= 0.3 is 0 Å². The first-order valence-corrected chi connectivity index (χ1v) is 8.19. The summed E-state index contributed by atoms with van der Waals surface area (Å²) in [5, 5.41) is 12.3. The molecule has 0 spiro atoms. The number of hydrogen-bond acceptors (Lipinski definition) is 6. The van der Waals surface area contributed by atoms with Crippen molar-refractivity contribution in [2.75, 3.05) is 6.79 Å². The summed E-state index contributed by atoms with van der Waals surface area (Å²) in [4.78, 5) is 5.48. The Morgan fingerprint density at radius 2 is 1.85 bits per heavy atom. The van der Waals surface area contributed by atoms with Crippen molar-refractivity contribution in [3.05, 3.63) is 66.6 Å². The fourth-order valence-electron chi connectivity index (χ4n) is 2.85. The van der Waals surface area contributed by atoms with Crippen LogP contribution in [0.2, 0.25) is 0 Å². The molecule has 0 N–H and O–H groups in total. The lowest BCUT2D eigenvalue weighted by atomic mass is 10.0. The second kappa shape index (κ2) is 6.17. The summed E-state index contributed by atoms with van der Waals surface area (Å²) >= 11 is 0. The molecule has 5 rings (SSSR count). The molecule has 0 radical (unpaired) electrons. The molecule has 7 nitrogen and oxygen atoms in total. The topological polar surface area (TPSA) is 75.0 Å². The van der Waals surface area contributed by atoms with Gasteiger partial charge in [-0.1, -0.05) is 12.1 Å². The lowest BCUT2D eigenvalue weighted by molar-refractivity contribution is 0.174. The Bertz CT molecular complexity index is 1130. The largest absolute Gasteiger partial charge is 0.454 e. The first-order valence-electron chi connectivity index (χ1n) is 8.19. The van der Waals surface area contributed by atoms with Crippen LogP contribution in [-0.4, -0.2) is 32.0 Å². The number of benzene rings is 2. The molecule has 0 bridgehead atoms.